The number of hydrogen-bond acceptors (Lipinski definition) is 1. The predicted molar refractivity (Wildman–Crippen MR) is 48.7 cm³/mol. The van der Waals surface area contributed by atoms with Gasteiger partial charge in [0.15, 0.2) is 0 Å². The molecule has 0 aliphatic heterocycles. The van der Waals surface area contributed by atoms with Gasteiger partial charge in [-0.15, -0.1) is 0 Å². The Bertz CT molecular complexity index is 268. The lowest BCUT2D eigenvalue weighted by Crippen LogP contribution is -1.98. The molecular formula is C10H14N2. The smallest absolute Gasteiger partial charge is 0.120 e. The lowest BCUT2D eigenvalue weighted by Gasteiger charge is -2.02. The summed E-state index contributed by atoms with van der Waals surface area (Å²) >= 11 is 0. The van der Waals surface area contributed by atoms with Crippen molar-refractivity contribution in [3.63, 3.8) is 0 Å². The van der Waals surface area contributed by atoms with E-state index >= 15 is 0 Å². The molecule has 12 heavy (non-hydrogen) atoms. The van der Waals surface area contributed by atoms with Crippen molar-refractivity contribution in [2.75, 3.05) is 0 Å². The van der Waals surface area contributed by atoms with Crippen LogP contribution < -0.4 is 0 Å². The molecule has 0 N–H and O–H groups in total. The van der Waals surface area contributed by atoms with Crippen LogP contribution in [-0.4, -0.2) is 4.57 Å². The highest BCUT2D eigenvalue weighted by Gasteiger charge is 1.97. The van der Waals surface area contributed by atoms with Gasteiger partial charge >= 0.3 is 0 Å². The summed E-state index contributed by atoms with van der Waals surface area (Å²) in [5, 5.41) is 8.69. The standard InChI is InChI=1S/C10H14N2/c1-2-3-4-7-12-8-5-6-10(12)9-11/h5-6,8H,2-4,7H2,1H3. The van der Waals surface area contributed by atoms with Gasteiger partial charge in [0.2, 0.25) is 0 Å². The first-order valence-electron chi connectivity index (χ1n) is 4.43. The molecule has 0 aliphatic rings. The average molecular weight is 162 g/mol. The van der Waals surface area contributed by atoms with Crippen LogP contribution in [0.25, 0.3) is 0 Å². The molecule has 0 fully saturated rings. The van der Waals surface area contributed by atoms with E-state index in [4.69, 9.17) is 5.26 Å². The minimum atomic E-state index is 0.770. The van der Waals surface area contributed by atoms with E-state index in [1.165, 1.54) is 19.3 Å². The normalized spacial score (nSPS) is 9.67. The summed E-state index contributed by atoms with van der Waals surface area (Å²) in [6.07, 6.45) is 5.60. The molecule has 0 unspecified atom stereocenters. The maximum Gasteiger partial charge on any atom is 0.120 e. The molecule has 0 saturated carbocycles. The molecule has 0 aromatic carbocycles. The van der Waals surface area contributed by atoms with Gasteiger partial charge in [-0.05, 0) is 18.6 Å². The summed E-state index contributed by atoms with van der Waals surface area (Å²) in [6.45, 7) is 3.16. The number of rotatable bonds is 4. The monoisotopic (exact) mass is 162 g/mol. The van der Waals surface area contributed by atoms with Gasteiger partial charge in [-0.3, -0.25) is 0 Å². The van der Waals surface area contributed by atoms with E-state index < -0.39 is 0 Å². The molecule has 0 saturated heterocycles. The Kier molecular flexibility index (Phi) is 3.40. The van der Waals surface area contributed by atoms with Crippen LogP contribution in [0.1, 0.15) is 31.9 Å². The number of aryl methyl sites for hydroxylation is 1. The molecule has 0 amide bonds. The van der Waals surface area contributed by atoms with Crippen LogP contribution in [0.3, 0.4) is 0 Å². The van der Waals surface area contributed by atoms with Crippen LogP contribution in [0.5, 0.6) is 0 Å². The van der Waals surface area contributed by atoms with E-state index in [1.54, 1.807) is 0 Å². The van der Waals surface area contributed by atoms with Gasteiger partial charge in [0.25, 0.3) is 0 Å². The van der Waals surface area contributed by atoms with Gasteiger partial charge in [0, 0.05) is 12.7 Å². The van der Waals surface area contributed by atoms with Gasteiger partial charge in [-0.1, -0.05) is 19.8 Å². The largest absolute Gasteiger partial charge is 0.339 e. The second-order valence-electron chi connectivity index (χ2n) is 2.91. The first-order valence-corrected chi connectivity index (χ1v) is 4.43. The molecule has 1 aromatic rings. The summed E-state index contributed by atoms with van der Waals surface area (Å²) in [7, 11) is 0. The first-order chi connectivity index (χ1) is 5.88. The van der Waals surface area contributed by atoms with E-state index in [-0.39, 0.29) is 0 Å². The van der Waals surface area contributed by atoms with Crippen molar-refractivity contribution in [2.45, 2.75) is 32.7 Å². The molecule has 64 valence electrons. The molecule has 1 heterocycles. The van der Waals surface area contributed by atoms with Crippen molar-refractivity contribution in [2.24, 2.45) is 0 Å². The quantitative estimate of drug-likeness (QED) is 0.625. The Hall–Kier alpha value is -1.23. The molecule has 0 aliphatic carbocycles. The van der Waals surface area contributed by atoms with Crippen LogP contribution in [0.4, 0.5) is 0 Å². The SMILES string of the molecule is CCCCCn1cccc1C#N. The van der Waals surface area contributed by atoms with Crippen molar-refractivity contribution >= 4 is 0 Å². The Morgan fingerprint density at radius 3 is 3.00 bits per heavy atom. The van der Waals surface area contributed by atoms with Gasteiger partial charge in [-0.25, -0.2) is 0 Å². The molecule has 1 aromatic heterocycles. The van der Waals surface area contributed by atoms with Crippen molar-refractivity contribution < 1.29 is 0 Å². The van der Waals surface area contributed by atoms with Crippen molar-refractivity contribution in [1.82, 2.24) is 4.57 Å². The van der Waals surface area contributed by atoms with Gasteiger partial charge in [0.1, 0.15) is 11.8 Å². The highest BCUT2D eigenvalue weighted by molar-refractivity contribution is 5.21. The predicted octanol–water partition coefficient (Wildman–Crippen LogP) is 2.55. The number of nitriles is 1. The van der Waals surface area contributed by atoms with E-state index in [1.807, 2.05) is 22.9 Å². The summed E-state index contributed by atoms with van der Waals surface area (Å²) in [6, 6.07) is 5.94. The van der Waals surface area contributed by atoms with Gasteiger partial charge < -0.3 is 4.57 Å². The van der Waals surface area contributed by atoms with Crippen molar-refractivity contribution in [1.29, 1.82) is 5.26 Å². The summed E-state index contributed by atoms with van der Waals surface area (Å²) in [4.78, 5) is 0. The molecule has 0 atom stereocenters. The fraction of sp³-hybridized carbons (Fsp3) is 0.500. The zero-order chi connectivity index (χ0) is 8.81. The van der Waals surface area contributed by atoms with Crippen LogP contribution in [0, 0.1) is 11.3 Å². The Labute approximate surface area is 73.4 Å². The topological polar surface area (TPSA) is 28.7 Å². The highest BCUT2D eigenvalue weighted by Crippen LogP contribution is 2.04. The Morgan fingerprint density at radius 1 is 1.50 bits per heavy atom. The van der Waals surface area contributed by atoms with Crippen molar-refractivity contribution in [3.05, 3.63) is 24.0 Å². The molecule has 2 nitrogen and oxygen atoms in total. The molecule has 0 bridgehead atoms. The van der Waals surface area contributed by atoms with Crippen LogP contribution in [0.2, 0.25) is 0 Å². The molecular weight excluding hydrogens is 148 g/mol. The third-order valence-electron chi connectivity index (χ3n) is 1.95. The first kappa shape index (κ1) is 8.86. The lowest BCUT2D eigenvalue weighted by molar-refractivity contribution is 0.600. The van der Waals surface area contributed by atoms with Crippen molar-refractivity contribution in [3.8, 4) is 6.07 Å². The highest BCUT2D eigenvalue weighted by atomic mass is 15.0. The van der Waals surface area contributed by atoms with E-state index in [9.17, 15) is 0 Å². The number of aromatic nitrogens is 1. The minimum absolute atomic E-state index is 0.770. The summed E-state index contributed by atoms with van der Waals surface area (Å²) in [5.41, 5.74) is 0.770. The van der Waals surface area contributed by atoms with Crippen LogP contribution >= 0.6 is 0 Å². The molecule has 1 rings (SSSR count). The van der Waals surface area contributed by atoms with Gasteiger partial charge in [-0.2, -0.15) is 5.26 Å². The number of hydrogen-bond donors (Lipinski definition) is 0. The molecule has 0 radical (unpaired) electrons. The molecule has 0 spiro atoms. The Balaban J connectivity index is 2.46. The van der Waals surface area contributed by atoms with Crippen LogP contribution in [0.15, 0.2) is 18.3 Å². The van der Waals surface area contributed by atoms with Crippen LogP contribution in [-0.2, 0) is 6.54 Å². The fourth-order valence-electron chi connectivity index (χ4n) is 1.24. The van der Waals surface area contributed by atoms with E-state index in [0.717, 1.165) is 12.2 Å². The lowest BCUT2D eigenvalue weighted by atomic mass is 10.2. The van der Waals surface area contributed by atoms with E-state index in [2.05, 4.69) is 13.0 Å². The second kappa shape index (κ2) is 4.61. The number of unbranched alkanes of at least 4 members (excludes halogenated alkanes) is 2. The summed E-state index contributed by atoms with van der Waals surface area (Å²) in [5.74, 6) is 0. The third-order valence-corrected chi connectivity index (χ3v) is 1.95. The fourth-order valence-corrected chi connectivity index (χ4v) is 1.24. The minimum Gasteiger partial charge on any atom is -0.339 e. The average Bonchev–Trinajstić information content (AvgIpc) is 2.52. The molecule has 2 heteroatoms. The Morgan fingerprint density at radius 2 is 2.33 bits per heavy atom. The third kappa shape index (κ3) is 2.13. The zero-order valence-corrected chi connectivity index (χ0v) is 7.45. The maximum atomic E-state index is 8.69. The number of nitrogens with zero attached hydrogens (tertiary/aromatic N) is 2. The van der Waals surface area contributed by atoms with Gasteiger partial charge in [0.05, 0.1) is 0 Å². The second-order valence-corrected chi connectivity index (χ2v) is 2.91. The maximum absolute atomic E-state index is 8.69. The van der Waals surface area contributed by atoms with E-state index in [0.29, 0.717) is 0 Å². The summed E-state index contributed by atoms with van der Waals surface area (Å²) < 4.78 is 2.01. The zero-order valence-electron chi connectivity index (χ0n) is 7.45.